The van der Waals surface area contributed by atoms with Crippen molar-refractivity contribution < 1.29 is 25.0 Å². The fourth-order valence-electron chi connectivity index (χ4n) is 1.43. The molecule has 0 radical (unpaired) electrons. The lowest BCUT2D eigenvalue weighted by Crippen LogP contribution is -2.19. The smallest absolute Gasteiger partial charge is 0.367 e. The van der Waals surface area contributed by atoms with Crippen LogP contribution in [-0.4, -0.2) is 26.0 Å². The van der Waals surface area contributed by atoms with Crippen LogP contribution in [0.5, 0.6) is 17.5 Å². The van der Waals surface area contributed by atoms with E-state index < -0.39 is 23.5 Å². The van der Waals surface area contributed by atoms with Gasteiger partial charge in [0, 0.05) is 22.7 Å². The second-order valence-electron chi connectivity index (χ2n) is 3.61. The van der Waals surface area contributed by atoms with Gasteiger partial charge in [0.15, 0.2) is 0 Å². The molecule has 0 saturated carbocycles. The monoisotopic (exact) mass is 276 g/mol. The number of rotatable bonds is 3. The summed E-state index contributed by atoms with van der Waals surface area (Å²) < 4.78 is 0.489. The third-order valence-electron chi connectivity index (χ3n) is 2.33. The summed E-state index contributed by atoms with van der Waals surface area (Å²) in [6.45, 7) is 0. The molecule has 0 atom stereocenters. The quantitative estimate of drug-likeness (QED) is 0.445. The Morgan fingerprint density at radius 2 is 1.85 bits per heavy atom. The molecule has 0 saturated heterocycles. The van der Waals surface area contributed by atoms with Gasteiger partial charge in [-0.2, -0.15) is 0 Å². The first-order chi connectivity index (χ1) is 9.52. The van der Waals surface area contributed by atoms with E-state index in [4.69, 9.17) is 10.4 Å². The molecular weight excluding hydrogens is 268 g/mol. The first kappa shape index (κ1) is 13.1. The van der Waals surface area contributed by atoms with E-state index >= 15 is 0 Å². The number of azide groups is 1. The normalized spacial score (nSPS) is 9.80. The summed E-state index contributed by atoms with van der Waals surface area (Å²) in [6.07, 6.45) is 0. The van der Waals surface area contributed by atoms with Crippen molar-refractivity contribution in [2.75, 3.05) is 0 Å². The van der Waals surface area contributed by atoms with Crippen molar-refractivity contribution in [1.29, 1.82) is 0 Å². The lowest BCUT2D eigenvalue weighted by atomic mass is 10.2. The minimum Gasteiger partial charge on any atom is -0.507 e. The number of phenols is 1. The number of aromatic hydroxyl groups is 3. The number of nitrogens with zero attached hydrogens (tertiary/aromatic N) is 4. The van der Waals surface area contributed by atoms with Crippen molar-refractivity contribution in [2.24, 2.45) is 5.11 Å². The van der Waals surface area contributed by atoms with E-state index in [0.29, 0.717) is 4.73 Å². The highest BCUT2D eigenvalue weighted by Gasteiger charge is 2.17. The van der Waals surface area contributed by atoms with Gasteiger partial charge in [0.05, 0.1) is 0 Å². The van der Waals surface area contributed by atoms with E-state index in [1.54, 1.807) is 0 Å². The van der Waals surface area contributed by atoms with Crippen molar-refractivity contribution in [3.8, 4) is 17.5 Å². The van der Waals surface area contributed by atoms with Gasteiger partial charge in [-0.15, -0.1) is 4.73 Å². The fourth-order valence-corrected chi connectivity index (χ4v) is 1.43. The predicted octanol–water partition coefficient (Wildman–Crippen LogP) is 1.82. The molecule has 102 valence electrons. The molecule has 9 nitrogen and oxygen atoms in total. The summed E-state index contributed by atoms with van der Waals surface area (Å²) in [7, 11) is 0. The summed E-state index contributed by atoms with van der Waals surface area (Å²) in [5.41, 5.74) is 8.14. The van der Waals surface area contributed by atoms with Crippen LogP contribution in [0.2, 0.25) is 0 Å². The average Bonchev–Trinajstić information content (AvgIpc) is 2.71. The molecule has 20 heavy (non-hydrogen) atoms. The van der Waals surface area contributed by atoms with Crippen molar-refractivity contribution >= 4 is 11.7 Å². The second-order valence-corrected chi connectivity index (χ2v) is 3.61. The van der Waals surface area contributed by atoms with E-state index in [9.17, 15) is 20.1 Å². The van der Waals surface area contributed by atoms with E-state index in [1.807, 2.05) is 0 Å². The molecule has 2 aromatic rings. The van der Waals surface area contributed by atoms with Crippen LogP contribution in [0.25, 0.3) is 10.4 Å². The second kappa shape index (κ2) is 5.12. The molecule has 9 heteroatoms. The lowest BCUT2D eigenvalue weighted by Gasteiger charge is -2.08. The molecule has 0 spiro atoms. The van der Waals surface area contributed by atoms with E-state index in [0.717, 1.165) is 18.2 Å². The van der Waals surface area contributed by atoms with Crippen LogP contribution in [0.4, 0.5) is 5.69 Å². The Morgan fingerprint density at radius 3 is 2.40 bits per heavy atom. The third kappa shape index (κ3) is 2.42. The van der Waals surface area contributed by atoms with Crippen LogP contribution in [0.1, 0.15) is 10.4 Å². The summed E-state index contributed by atoms with van der Waals surface area (Å²) in [5, 5.41) is 31.5. The molecule has 1 aromatic heterocycles. The highest BCUT2D eigenvalue weighted by atomic mass is 16.7. The largest absolute Gasteiger partial charge is 0.507 e. The molecule has 0 aliphatic rings. The van der Waals surface area contributed by atoms with Gasteiger partial charge in [0.25, 0.3) is 0 Å². The van der Waals surface area contributed by atoms with Crippen LogP contribution < -0.4 is 4.84 Å². The van der Waals surface area contributed by atoms with Crippen LogP contribution in [0.15, 0.2) is 35.4 Å². The number of hydrogen-bond donors (Lipinski definition) is 3. The summed E-state index contributed by atoms with van der Waals surface area (Å²) >= 11 is 0. The number of carbonyl (C=O) groups is 1. The molecule has 1 heterocycles. The minimum atomic E-state index is -1.02. The van der Waals surface area contributed by atoms with Gasteiger partial charge in [-0.1, -0.05) is 11.2 Å². The first-order valence-corrected chi connectivity index (χ1v) is 5.23. The molecule has 0 aliphatic carbocycles. The van der Waals surface area contributed by atoms with E-state index in [1.165, 1.54) is 12.1 Å². The van der Waals surface area contributed by atoms with Crippen LogP contribution in [0.3, 0.4) is 0 Å². The van der Waals surface area contributed by atoms with Crippen molar-refractivity contribution in [1.82, 2.24) is 4.73 Å². The van der Waals surface area contributed by atoms with Crippen molar-refractivity contribution in [2.45, 2.75) is 0 Å². The molecule has 3 N–H and O–H groups in total. The Bertz CT molecular complexity index is 698. The zero-order chi connectivity index (χ0) is 14.7. The molecule has 0 unspecified atom stereocenters. The summed E-state index contributed by atoms with van der Waals surface area (Å²) in [4.78, 5) is 19.0. The highest BCUT2D eigenvalue weighted by Crippen LogP contribution is 2.25. The molecule has 0 aliphatic heterocycles. The number of phenolic OH excluding ortho intramolecular Hbond substituents is 1. The van der Waals surface area contributed by atoms with Crippen molar-refractivity contribution in [3.05, 3.63) is 46.3 Å². The SMILES string of the molecule is [N-]=[N+]=Nc1ccc(C(=O)On2c(O)ccc2O)c(O)c1. The Labute approximate surface area is 111 Å². The van der Waals surface area contributed by atoms with Gasteiger partial charge in [-0.3, -0.25) is 0 Å². The van der Waals surface area contributed by atoms with Crippen molar-refractivity contribution in [3.63, 3.8) is 0 Å². The van der Waals surface area contributed by atoms with Gasteiger partial charge < -0.3 is 20.2 Å². The predicted molar refractivity (Wildman–Crippen MR) is 65.6 cm³/mol. The Hall–Kier alpha value is -3.32. The maximum absolute atomic E-state index is 11.8. The third-order valence-corrected chi connectivity index (χ3v) is 2.33. The maximum atomic E-state index is 11.8. The molecule has 1 aromatic carbocycles. The average molecular weight is 276 g/mol. The first-order valence-electron chi connectivity index (χ1n) is 5.23. The van der Waals surface area contributed by atoms with Crippen LogP contribution >= 0.6 is 0 Å². The number of hydrogen-bond acceptors (Lipinski definition) is 6. The zero-order valence-electron chi connectivity index (χ0n) is 9.83. The number of benzene rings is 1. The molecule has 2 rings (SSSR count). The van der Waals surface area contributed by atoms with Gasteiger partial charge in [-0.05, 0) is 17.7 Å². The van der Waals surface area contributed by atoms with E-state index in [-0.39, 0.29) is 11.3 Å². The van der Waals surface area contributed by atoms with Gasteiger partial charge in [0.1, 0.15) is 11.3 Å². The topological polar surface area (TPSA) is 141 Å². The maximum Gasteiger partial charge on any atom is 0.367 e. The molecule has 0 amide bonds. The Balaban J connectivity index is 2.28. The summed E-state index contributed by atoms with van der Waals surface area (Å²) in [5.74, 6) is -2.45. The standard InChI is InChI=1S/C11H8N4O5/c12-14-13-6-1-2-7(8(16)5-6)11(19)20-15-9(17)3-4-10(15)18/h1-5,16-18H. The molecule has 0 fully saturated rings. The number of aromatic nitrogens is 1. The van der Waals surface area contributed by atoms with Gasteiger partial charge in [0.2, 0.25) is 11.8 Å². The zero-order valence-corrected chi connectivity index (χ0v) is 9.83. The Kier molecular flexibility index (Phi) is 3.36. The van der Waals surface area contributed by atoms with E-state index in [2.05, 4.69) is 10.0 Å². The fraction of sp³-hybridized carbons (Fsp3) is 0. The lowest BCUT2D eigenvalue weighted by molar-refractivity contribution is 0.0378. The van der Waals surface area contributed by atoms with Gasteiger partial charge in [-0.25, -0.2) is 4.79 Å². The Morgan fingerprint density at radius 1 is 1.20 bits per heavy atom. The van der Waals surface area contributed by atoms with Crippen LogP contribution in [0, 0.1) is 0 Å². The van der Waals surface area contributed by atoms with Crippen LogP contribution in [-0.2, 0) is 0 Å². The van der Waals surface area contributed by atoms with Gasteiger partial charge >= 0.3 is 5.97 Å². The number of carbonyl (C=O) groups excluding carboxylic acids is 1. The minimum absolute atomic E-state index is 0.119. The molecular formula is C11H8N4O5. The summed E-state index contributed by atoms with van der Waals surface area (Å²) in [6, 6.07) is 5.79. The highest BCUT2D eigenvalue weighted by molar-refractivity contribution is 5.93. The molecule has 0 bridgehead atoms.